The van der Waals surface area contributed by atoms with Gasteiger partial charge in [-0.1, -0.05) is 38.5 Å². The minimum absolute atomic E-state index is 0.00661. The zero-order chi connectivity index (χ0) is 15.5. The molecular formula is C17H23NO3. The van der Waals surface area contributed by atoms with Crippen molar-refractivity contribution in [2.45, 2.75) is 39.5 Å². The Bertz CT molecular complexity index is 510. The quantitative estimate of drug-likeness (QED) is 0.904. The molecule has 0 aliphatic heterocycles. The highest BCUT2D eigenvalue weighted by molar-refractivity contribution is 5.96. The molecule has 1 N–H and O–H groups in total. The summed E-state index contributed by atoms with van der Waals surface area (Å²) in [6.45, 7) is 4.48. The molecule has 1 unspecified atom stereocenters. The summed E-state index contributed by atoms with van der Waals surface area (Å²) in [6.07, 6.45) is 2.96. The van der Waals surface area contributed by atoms with E-state index in [2.05, 4.69) is 13.8 Å². The Morgan fingerprint density at radius 1 is 1.29 bits per heavy atom. The molecular weight excluding hydrogens is 266 g/mol. The van der Waals surface area contributed by atoms with Gasteiger partial charge in [0, 0.05) is 18.2 Å². The second-order valence-corrected chi connectivity index (χ2v) is 6.40. The molecule has 1 aliphatic carbocycles. The van der Waals surface area contributed by atoms with Crippen molar-refractivity contribution in [3.63, 3.8) is 0 Å². The Labute approximate surface area is 125 Å². The summed E-state index contributed by atoms with van der Waals surface area (Å²) in [7, 11) is 0. The van der Waals surface area contributed by atoms with Gasteiger partial charge in [0.1, 0.15) is 0 Å². The topological polar surface area (TPSA) is 57.6 Å². The molecule has 1 aromatic carbocycles. The molecule has 1 aliphatic rings. The van der Waals surface area contributed by atoms with Crippen LogP contribution < -0.4 is 4.90 Å². The zero-order valence-corrected chi connectivity index (χ0v) is 12.7. The number of hydrogen-bond donors (Lipinski definition) is 1. The fraction of sp³-hybridized carbons (Fsp3) is 0.529. The monoisotopic (exact) mass is 289 g/mol. The van der Waals surface area contributed by atoms with E-state index in [0.29, 0.717) is 0 Å². The number of amides is 1. The van der Waals surface area contributed by atoms with E-state index >= 15 is 0 Å². The van der Waals surface area contributed by atoms with E-state index in [4.69, 9.17) is 5.11 Å². The molecule has 1 amide bonds. The van der Waals surface area contributed by atoms with Crippen LogP contribution in [-0.2, 0) is 9.59 Å². The van der Waals surface area contributed by atoms with Crippen LogP contribution in [0, 0.1) is 11.3 Å². The summed E-state index contributed by atoms with van der Waals surface area (Å²) < 4.78 is 0. The van der Waals surface area contributed by atoms with Gasteiger partial charge in [-0.15, -0.1) is 0 Å². The fourth-order valence-corrected chi connectivity index (χ4v) is 3.15. The molecule has 2 rings (SSSR count). The Balaban J connectivity index is 2.22. The van der Waals surface area contributed by atoms with Crippen molar-refractivity contribution in [2.24, 2.45) is 11.3 Å². The third kappa shape index (κ3) is 3.63. The van der Waals surface area contributed by atoms with Gasteiger partial charge in [-0.3, -0.25) is 9.59 Å². The van der Waals surface area contributed by atoms with E-state index < -0.39 is 5.97 Å². The summed E-state index contributed by atoms with van der Waals surface area (Å²) in [6, 6.07) is 9.36. The van der Waals surface area contributed by atoms with E-state index in [0.717, 1.165) is 24.9 Å². The molecule has 114 valence electrons. The van der Waals surface area contributed by atoms with Gasteiger partial charge in [-0.2, -0.15) is 0 Å². The van der Waals surface area contributed by atoms with Gasteiger partial charge in [-0.25, -0.2) is 0 Å². The lowest BCUT2D eigenvalue weighted by Crippen LogP contribution is -2.41. The average molecular weight is 289 g/mol. The highest BCUT2D eigenvalue weighted by Crippen LogP contribution is 2.43. The number of nitrogens with zero attached hydrogens (tertiary/aromatic N) is 1. The lowest BCUT2D eigenvalue weighted by molar-refractivity contribution is -0.136. The molecule has 1 fully saturated rings. The molecule has 0 heterocycles. The number of carboxylic acid groups (broad SMARTS) is 1. The molecule has 1 aromatic rings. The van der Waals surface area contributed by atoms with Crippen LogP contribution in [0.25, 0.3) is 0 Å². The SMILES string of the molecule is CC1(C)CCCC1C(=O)N(CCC(=O)O)c1ccccc1. The van der Waals surface area contributed by atoms with Crippen LogP contribution in [0.1, 0.15) is 39.5 Å². The number of carbonyl (C=O) groups excluding carboxylic acids is 1. The molecule has 21 heavy (non-hydrogen) atoms. The predicted molar refractivity (Wildman–Crippen MR) is 82.2 cm³/mol. The van der Waals surface area contributed by atoms with E-state index in [1.54, 1.807) is 4.90 Å². The van der Waals surface area contributed by atoms with Crippen molar-refractivity contribution < 1.29 is 14.7 Å². The Morgan fingerprint density at radius 2 is 1.95 bits per heavy atom. The Morgan fingerprint density at radius 3 is 2.48 bits per heavy atom. The molecule has 1 saturated carbocycles. The molecule has 0 spiro atoms. The maximum atomic E-state index is 12.9. The predicted octanol–water partition coefficient (Wildman–Crippen LogP) is 3.32. The number of benzene rings is 1. The second-order valence-electron chi connectivity index (χ2n) is 6.40. The van der Waals surface area contributed by atoms with Gasteiger partial charge in [0.15, 0.2) is 0 Å². The molecule has 0 saturated heterocycles. The van der Waals surface area contributed by atoms with Crippen LogP contribution >= 0.6 is 0 Å². The lowest BCUT2D eigenvalue weighted by Gasteiger charge is -2.32. The fourth-order valence-electron chi connectivity index (χ4n) is 3.15. The van der Waals surface area contributed by atoms with Crippen molar-refractivity contribution in [3.05, 3.63) is 30.3 Å². The van der Waals surface area contributed by atoms with E-state index in [1.807, 2.05) is 30.3 Å². The van der Waals surface area contributed by atoms with Gasteiger partial charge < -0.3 is 10.0 Å². The number of carbonyl (C=O) groups is 2. The van der Waals surface area contributed by atoms with Crippen molar-refractivity contribution in [3.8, 4) is 0 Å². The molecule has 4 heteroatoms. The van der Waals surface area contributed by atoms with Crippen molar-refractivity contribution in [1.29, 1.82) is 0 Å². The number of aliphatic carboxylic acids is 1. The van der Waals surface area contributed by atoms with Crippen LogP contribution in [0.5, 0.6) is 0 Å². The maximum Gasteiger partial charge on any atom is 0.305 e. The molecule has 0 radical (unpaired) electrons. The number of anilines is 1. The van der Waals surface area contributed by atoms with Gasteiger partial charge in [-0.05, 0) is 30.4 Å². The smallest absolute Gasteiger partial charge is 0.305 e. The Kier molecular flexibility index (Phi) is 4.66. The van der Waals surface area contributed by atoms with E-state index in [1.165, 1.54) is 0 Å². The van der Waals surface area contributed by atoms with Gasteiger partial charge in [0.05, 0.1) is 6.42 Å². The summed E-state index contributed by atoms with van der Waals surface area (Å²) in [4.78, 5) is 25.4. The van der Waals surface area contributed by atoms with Crippen LogP contribution in [0.3, 0.4) is 0 Å². The maximum absolute atomic E-state index is 12.9. The zero-order valence-electron chi connectivity index (χ0n) is 12.7. The molecule has 0 bridgehead atoms. The lowest BCUT2D eigenvalue weighted by atomic mass is 9.81. The number of rotatable bonds is 5. The normalized spacial score (nSPS) is 20.2. The average Bonchev–Trinajstić information content (AvgIpc) is 2.79. The molecule has 1 atom stereocenters. The van der Waals surface area contributed by atoms with Gasteiger partial charge in [0.2, 0.25) is 5.91 Å². The van der Waals surface area contributed by atoms with Crippen LogP contribution in [-0.4, -0.2) is 23.5 Å². The first-order chi connectivity index (χ1) is 9.92. The summed E-state index contributed by atoms with van der Waals surface area (Å²) in [5, 5.41) is 8.92. The third-order valence-corrected chi connectivity index (χ3v) is 4.44. The second kappa shape index (κ2) is 6.29. The standard InChI is InChI=1S/C17H23NO3/c1-17(2)11-6-9-14(17)16(21)18(12-10-15(19)20)13-7-4-3-5-8-13/h3-5,7-8,14H,6,9-12H2,1-2H3,(H,19,20). The summed E-state index contributed by atoms with van der Waals surface area (Å²) in [5.41, 5.74) is 0.777. The summed E-state index contributed by atoms with van der Waals surface area (Å²) in [5.74, 6) is -0.842. The minimum Gasteiger partial charge on any atom is -0.481 e. The largest absolute Gasteiger partial charge is 0.481 e. The van der Waals surface area contributed by atoms with Crippen molar-refractivity contribution >= 4 is 17.6 Å². The summed E-state index contributed by atoms with van der Waals surface area (Å²) >= 11 is 0. The van der Waals surface area contributed by atoms with E-state index in [9.17, 15) is 9.59 Å². The van der Waals surface area contributed by atoms with Gasteiger partial charge >= 0.3 is 5.97 Å². The van der Waals surface area contributed by atoms with E-state index in [-0.39, 0.29) is 30.2 Å². The molecule has 4 nitrogen and oxygen atoms in total. The Hall–Kier alpha value is -1.84. The first-order valence-corrected chi connectivity index (χ1v) is 7.50. The van der Waals surface area contributed by atoms with Crippen LogP contribution in [0.2, 0.25) is 0 Å². The first-order valence-electron chi connectivity index (χ1n) is 7.50. The van der Waals surface area contributed by atoms with Crippen molar-refractivity contribution in [2.75, 3.05) is 11.4 Å². The minimum atomic E-state index is -0.880. The van der Waals surface area contributed by atoms with Crippen LogP contribution in [0.4, 0.5) is 5.69 Å². The third-order valence-electron chi connectivity index (χ3n) is 4.44. The number of para-hydroxylation sites is 1. The number of carboxylic acids is 1. The van der Waals surface area contributed by atoms with Gasteiger partial charge in [0.25, 0.3) is 0 Å². The first kappa shape index (κ1) is 15.5. The molecule has 0 aromatic heterocycles. The van der Waals surface area contributed by atoms with Crippen molar-refractivity contribution in [1.82, 2.24) is 0 Å². The number of hydrogen-bond acceptors (Lipinski definition) is 2. The highest BCUT2D eigenvalue weighted by Gasteiger charge is 2.41. The van der Waals surface area contributed by atoms with Crippen LogP contribution in [0.15, 0.2) is 30.3 Å². The highest BCUT2D eigenvalue weighted by atomic mass is 16.4.